The van der Waals surface area contributed by atoms with Crippen LogP contribution in [0, 0.1) is 0 Å². The van der Waals surface area contributed by atoms with Crippen molar-refractivity contribution in [2.24, 2.45) is 5.73 Å². The highest BCUT2D eigenvalue weighted by Crippen LogP contribution is 2.21. The number of benzene rings is 1. The maximum Gasteiger partial charge on any atom is 0.254 e. The highest BCUT2D eigenvalue weighted by Gasteiger charge is 2.22. The lowest BCUT2D eigenvalue weighted by Gasteiger charge is -2.16. The number of primary amides is 1. The molecule has 2 N–H and O–H groups in total. The number of pyridine rings is 1. The van der Waals surface area contributed by atoms with E-state index in [-0.39, 0.29) is 11.0 Å². The number of carbonyl (C=O) groups excluding carboxylic acids is 1. The van der Waals surface area contributed by atoms with Crippen LogP contribution >= 0.6 is 0 Å². The van der Waals surface area contributed by atoms with Gasteiger partial charge in [0, 0.05) is 43.8 Å². The summed E-state index contributed by atoms with van der Waals surface area (Å²) < 4.78 is 2.01. The Hall–Kier alpha value is -2.56. The number of fused-ring (bicyclic) bond motifs is 1. The minimum atomic E-state index is -0.651. The lowest BCUT2D eigenvalue weighted by atomic mass is 10.1. The normalized spacial score (nSPS) is 13.0. The molecule has 3 rings (SSSR count). The van der Waals surface area contributed by atoms with E-state index in [1.165, 1.54) is 0 Å². The zero-order chi connectivity index (χ0) is 16.6. The summed E-state index contributed by atoms with van der Waals surface area (Å²) in [7, 11) is 4.01. The number of anilines is 1. The standard InChI is InChI=1S/C18H21N3O2/c1-20(2)13-8-6-12(7-9-13)10-21-11-15(18(19)23)17(22)14-4-3-5-16(14)21/h6-9,11H,3-5,10H2,1-2H3,(H2,19,23). The van der Waals surface area contributed by atoms with Crippen molar-refractivity contribution in [1.29, 1.82) is 0 Å². The molecule has 1 aliphatic rings. The van der Waals surface area contributed by atoms with Crippen molar-refractivity contribution in [2.45, 2.75) is 25.8 Å². The summed E-state index contributed by atoms with van der Waals surface area (Å²) in [5, 5.41) is 0. The van der Waals surface area contributed by atoms with E-state index in [0.29, 0.717) is 6.54 Å². The fraction of sp³-hybridized carbons (Fsp3) is 0.333. The Bertz CT molecular complexity index is 804. The zero-order valence-electron chi connectivity index (χ0n) is 13.5. The molecule has 0 saturated heterocycles. The smallest absolute Gasteiger partial charge is 0.254 e. The highest BCUT2D eigenvalue weighted by molar-refractivity contribution is 5.92. The molecule has 0 aliphatic heterocycles. The van der Waals surface area contributed by atoms with E-state index in [1.54, 1.807) is 6.20 Å². The van der Waals surface area contributed by atoms with E-state index in [0.717, 1.165) is 41.8 Å². The van der Waals surface area contributed by atoms with Crippen molar-refractivity contribution in [1.82, 2.24) is 4.57 Å². The van der Waals surface area contributed by atoms with Crippen molar-refractivity contribution in [2.75, 3.05) is 19.0 Å². The average molecular weight is 311 g/mol. The third-order valence-electron chi connectivity index (χ3n) is 4.41. The lowest BCUT2D eigenvalue weighted by molar-refractivity contribution is 0.0998. The molecule has 0 bridgehead atoms. The van der Waals surface area contributed by atoms with Crippen LogP contribution in [0.2, 0.25) is 0 Å². The van der Waals surface area contributed by atoms with Gasteiger partial charge in [-0.1, -0.05) is 12.1 Å². The van der Waals surface area contributed by atoms with Crippen LogP contribution in [0.3, 0.4) is 0 Å². The molecule has 5 nitrogen and oxygen atoms in total. The SMILES string of the molecule is CN(C)c1ccc(Cn2cc(C(N)=O)c(=O)c3c2CCC3)cc1. The number of hydrogen-bond acceptors (Lipinski definition) is 3. The summed E-state index contributed by atoms with van der Waals surface area (Å²) in [6.07, 6.45) is 4.18. The highest BCUT2D eigenvalue weighted by atomic mass is 16.2. The molecule has 1 amide bonds. The second kappa shape index (κ2) is 5.91. The van der Waals surface area contributed by atoms with E-state index in [2.05, 4.69) is 24.3 Å². The van der Waals surface area contributed by atoms with Gasteiger partial charge >= 0.3 is 0 Å². The lowest BCUT2D eigenvalue weighted by Crippen LogP contribution is -2.27. The van der Waals surface area contributed by atoms with Crippen LogP contribution in [0.15, 0.2) is 35.3 Å². The van der Waals surface area contributed by atoms with Crippen molar-refractivity contribution in [3.8, 4) is 0 Å². The van der Waals surface area contributed by atoms with Crippen molar-refractivity contribution in [3.63, 3.8) is 0 Å². The third-order valence-corrected chi connectivity index (χ3v) is 4.41. The Balaban J connectivity index is 2.00. The van der Waals surface area contributed by atoms with Crippen LogP contribution in [-0.4, -0.2) is 24.6 Å². The summed E-state index contributed by atoms with van der Waals surface area (Å²) in [5.74, 6) is -0.651. The molecule has 120 valence electrons. The predicted molar refractivity (Wildman–Crippen MR) is 91.1 cm³/mol. The number of rotatable bonds is 4. The van der Waals surface area contributed by atoms with Crippen LogP contribution in [0.25, 0.3) is 0 Å². The Morgan fingerprint density at radius 1 is 1.22 bits per heavy atom. The minimum absolute atomic E-state index is 0.0931. The first-order valence-electron chi connectivity index (χ1n) is 7.78. The largest absolute Gasteiger partial charge is 0.378 e. The molecular formula is C18H21N3O2. The van der Waals surface area contributed by atoms with E-state index in [9.17, 15) is 9.59 Å². The molecule has 0 atom stereocenters. The molecule has 5 heteroatoms. The van der Waals surface area contributed by atoms with Crippen LogP contribution in [0.4, 0.5) is 5.69 Å². The molecule has 23 heavy (non-hydrogen) atoms. The van der Waals surface area contributed by atoms with Crippen molar-refractivity contribution in [3.05, 3.63) is 63.1 Å². The molecule has 2 aromatic rings. The summed E-state index contributed by atoms with van der Waals surface area (Å²) in [6.45, 7) is 0.636. The van der Waals surface area contributed by atoms with E-state index >= 15 is 0 Å². The Kier molecular flexibility index (Phi) is 3.94. The molecular weight excluding hydrogens is 290 g/mol. The number of nitrogens with zero attached hydrogens (tertiary/aromatic N) is 2. The van der Waals surface area contributed by atoms with Crippen LogP contribution in [0.1, 0.15) is 33.6 Å². The molecule has 0 radical (unpaired) electrons. The van der Waals surface area contributed by atoms with Gasteiger partial charge in [0.05, 0.1) is 0 Å². The first-order valence-corrected chi connectivity index (χ1v) is 7.78. The van der Waals surface area contributed by atoms with Gasteiger partial charge in [0.25, 0.3) is 5.91 Å². The average Bonchev–Trinajstić information content (AvgIpc) is 3.00. The molecule has 1 heterocycles. The Morgan fingerprint density at radius 3 is 2.52 bits per heavy atom. The maximum atomic E-state index is 12.3. The molecule has 0 fully saturated rings. The molecule has 1 aromatic heterocycles. The number of aromatic nitrogens is 1. The summed E-state index contributed by atoms with van der Waals surface area (Å²) in [5.41, 5.74) is 9.33. The van der Waals surface area contributed by atoms with Gasteiger partial charge in [-0.3, -0.25) is 9.59 Å². The van der Waals surface area contributed by atoms with Crippen LogP contribution < -0.4 is 16.1 Å². The quantitative estimate of drug-likeness (QED) is 0.931. The second-order valence-corrected chi connectivity index (χ2v) is 6.20. The second-order valence-electron chi connectivity index (χ2n) is 6.20. The first-order chi connectivity index (χ1) is 11.0. The third kappa shape index (κ3) is 2.86. The van der Waals surface area contributed by atoms with Crippen LogP contribution in [-0.2, 0) is 19.4 Å². The number of carbonyl (C=O) groups is 1. The Morgan fingerprint density at radius 2 is 1.91 bits per heavy atom. The van der Waals surface area contributed by atoms with Gasteiger partial charge < -0.3 is 15.2 Å². The minimum Gasteiger partial charge on any atom is -0.378 e. The fourth-order valence-electron chi connectivity index (χ4n) is 3.16. The van der Waals surface area contributed by atoms with E-state index < -0.39 is 5.91 Å². The fourth-order valence-corrected chi connectivity index (χ4v) is 3.16. The van der Waals surface area contributed by atoms with Gasteiger partial charge in [0.2, 0.25) is 0 Å². The predicted octanol–water partition coefficient (Wildman–Crippen LogP) is 1.55. The van der Waals surface area contributed by atoms with Crippen molar-refractivity contribution >= 4 is 11.6 Å². The van der Waals surface area contributed by atoms with Gasteiger partial charge in [0.1, 0.15) is 5.56 Å². The molecule has 0 saturated carbocycles. The number of nitrogens with two attached hydrogens (primary N) is 1. The monoisotopic (exact) mass is 311 g/mol. The first kappa shape index (κ1) is 15.3. The zero-order valence-corrected chi connectivity index (χ0v) is 13.5. The van der Waals surface area contributed by atoms with Gasteiger partial charge in [-0.05, 0) is 37.0 Å². The number of amides is 1. The topological polar surface area (TPSA) is 68.3 Å². The van der Waals surface area contributed by atoms with Gasteiger partial charge in [0.15, 0.2) is 5.43 Å². The van der Waals surface area contributed by atoms with Crippen LogP contribution in [0.5, 0.6) is 0 Å². The van der Waals surface area contributed by atoms with Gasteiger partial charge in [-0.15, -0.1) is 0 Å². The maximum absolute atomic E-state index is 12.3. The van der Waals surface area contributed by atoms with Gasteiger partial charge in [-0.25, -0.2) is 0 Å². The molecule has 0 spiro atoms. The van der Waals surface area contributed by atoms with E-state index in [1.807, 2.05) is 23.6 Å². The van der Waals surface area contributed by atoms with Crippen molar-refractivity contribution < 1.29 is 4.79 Å². The van der Waals surface area contributed by atoms with E-state index in [4.69, 9.17) is 5.73 Å². The van der Waals surface area contributed by atoms with Gasteiger partial charge in [-0.2, -0.15) is 0 Å². The molecule has 1 aliphatic carbocycles. The molecule has 0 unspecified atom stereocenters. The summed E-state index contributed by atoms with van der Waals surface area (Å²) in [6, 6.07) is 8.26. The summed E-state index contributed by atoms with van der Waals surface area (Å²) >= 11 is 0. The Labute approximate surface area is 135 Å². The number of hydrogen-bond donors (Lipinski definition) is 1. The summed E-state index contributed by atoms with van der Waals surface area (Å²) in [4.78, 5) is 25.9. The molecule has 1 aromatic carbocycles.